The van der Waals surface area contributed by atoms with E-state index in [2.05, 4.69) is 9.71 Å². The Morgan fingerprint density at radius 2 is 1.76 bits per heavy atom. The van der Waals surface area contributed by atoms with E-state index in [4.69, 9.17) is 5.73 Å². The number of hydrogen-bond donors (Lipinski definition) is 2. The van der Waals surface area contributed by atoms with Gasteiger partial charge >= 0.3 is 0 Å². The number of nitrogen functional groups attached to an aromatic ring is 1. The molecule has 0 fully saturated rings. The molecule has 0 spiro atoms. The maximum absolute atomic E-state index is 12.6. The minimum atomic E-state index is -3.64. The number of sulfonamides is 1. The van der Waals surface area contributed by atoms with Gasteiger partial charge in [0.1, 0.15) is 0 Å². The summed E-state index contributed by atoms with van der Waals surface area (Å²) in [6.07, 6.45) is 3.27. The Kier molecular flexibility index (Phi) is 4.29. The lowest BCUT2D eigenvalue weighted by atomic mass is 10.1. The van der Waals surface area contributed by atoms with Crippen LogP contribution in [0.3, 0.4) is 0 Å². The third kappa shape index (κ3) is 3.22. The number of benzene rings is 1. The average molecular weight is 305 g/mol. The molecular weight excluding hydrogens is 286 g/mol. The lowest BCUT2D eigenvalue weighted by Gasteiger charge is -2.18. The van der Waals surface area contributed by atoms with Crippen LogP contribution >= 0.6 is 0 Å². The van der Waals surface area contributed by atoms with Gasteiger partial charge in [-0.2, -0.15) is 0 Å². The molecule has 6 heteroatoms. The highest BCUT2D eigenvalue weighted by atomic mass is 32.2. The number of pyridine rings is 1. The van der Waals surface area contributed by atoms with E-state index in [-0.39, 0.29) is 10.9 Å². The van der Waals surface area contributed by atoms with Gasteiger partial charge in [-0.3, -0.25) is 4.98 Å². The molecule has 2 rings (SSSR count). The second-order valence-electron chi connectivity index (χ2n) is 5.05. The average Bonchev–Trinajstić information content (AvgIpc) is 2.43. The van der Waals surface area contributed by atoms with Crippen LogP contribution in [0.15, 0.2) is 41.6 Å². The standard InChI is InChI=1S/C15H19N3O2S/c1-10-4-5-14(16)11(2)15(10)21(19,20)18-12(3)13-6-8-17-9-7-13/h4-9,12,18H,16H2,1-3H3. The van der Waals surface area contributed by atoms with Gasteiger partial charge in [0.2, 0.25) is 10.0 Å². The second kappa shape index (κ2) is 5.83. The first-order valence-corrected chi connectivity index (χ1v) is 8.09. The summed E-state index contributed by atoms with van der Waals surface area (Å²) in [5.41, 5.74) is 8.40. The van der Waals surface area contributed by atoms with E-state index in [0.717, 1.165) is 5.56 Å². The van der Waals surface area contributed by atoms with Gasteiger partial charge in [0, 0.05) is 24.1 Å². The number of aromatic nitrogens is 1. The molecule has 0 aliphatic heterocycles. The van der Waals surface area contributed by atoms with Crippen molar-refractivity contribution in [2.75, 3.05) is 5.73 Å². The second-order valence-corrected chi connectivity index (χ2v) is 6.70. The highest BCUT2D eigenvalue weighted by Gasteiger charge is 2.23. The Bertz CT molecular complexity index is 743. The number of nitrogens with two attached hydrogens (primary N) is 1. The molecule has 1 atom stereocenters. The van der Waals surface area contributed by atoms with Gasteiger partial charge < -0.3 is 5.73 Å². The molecule has 112 valence electrons. The van der Waals surface area contributed by atoms with Crippen molar-refractivity contribution < 1.29 is 8.42 Å². The Morgan fingerprint density at radius 3 is 2.38 bits per heavy atom. The van der Waals surface area contributed by atoms with E-state index in [1.54, 1.807) is 57.4 Å². The summed E-state index contributed by atoms with van der Waals surface area (Å²) >= 11 is 0. The molecule has 0 bridgehead atoms. The van der Waals surface area contributed by atoms with Crippen molar-refractivity contribution in [1.82, 2.24) is 9.71 Å². The van der Waals surface area contributed by atoms with Gasteiger partial charge in [-0.05, 0) is 55.7 Å². The fraction of sp³-hybridized carbons (Fsp3) is 0.267. The zero-order chi connectivity index (χ0) is 15.6. The lowest BCUT2D eigenvalue weighted by molar-refractivity contribution is 0.565. The van der Waals surface area contributed by atoms with Crippen LogP contribution in [0.1, 0.15) is 29.7 Å². The molecule has 0 saturated carbocycles. The molecule has 0 radical (unpaired) electrons. The van der Waals surface area contributed by atoms with E-state index >= 15 is 0 Å². The minimum absolute atomic E-state index is 0.253. The highest BCUT2D eigenvalue weighted by molar-refractivity contribution is 7.89. The molecular formula is C15H19N3O2S. The quantitative estimate of drug-likeness (QED) is 0.849. The molecule has 1 heterocycles. The van der Waals surface area contributed by atoms with Crippen molar-refractivity contribution in [3.05, 3.63) is 53.3 Å². The van der Waals surface area contributed by atoms with Crippen LogP contribution in [-0.2, 0) is 10.0 Å². The van der Waals surface area contributed by atoms with Gasteiger partial charge in [-0.25, -0.2) is 13.1 Å². The van der Waals surface area contributed by atoms with Crippen molar-refractivity contribution in [2.45, 2.75) is 31.7 Å². The zero-order valence-electron chi connectivity index (χ0n) is 12.3. The predicted octanol–water partition coefficient (Wildman–Crippen LogP) is 2.32. The van der Waals surface area contributed by atoms with Crippen molar-refractivity contribution in [3.63, 3.8) is 0 Å². The first kappa shape index (κ1) is 15.5. The molecule has 2 aromatic rings. The topological polar surface area (TPSA) is 85.1 Å². The van der Waals surface area contributed by atoms with Crippen LogP contribution < -0.4 is 10.5 Å². The molecule has 0 saturated heterocycles. The monoisotopic (exact) mass is 305 g/mol. The van der Waals surface area contributed by atoms with Crippen LogP contribution in [0, 0.1) is 13.8 Å². The molecule has 0 aliphatic carbocycles. The number of aryl methyl sites for hydroxylation is 1. The van der Waals surface area contributed by atoms with Crippen molar-refractivity contribution in [3.8, 4) is 0 Å². The molecule has 5 nitrogen and oxygen atoms in total. The SMILES string of the molecule is Cc1ccc(N)c(C)c1S(=O)(=O)NC(C)c1ccncc1. The van der Waals surface area contributed by atoms with Gasteiger partial charge in [0.25, 0.3) is 0 Å². The summed E-state index contributed by atoms with van der Waals surface area (Å²) in [4.78, 5) is 4.18. The van der Waals surface area contributed by atoms with Crippen LogP contribution in [-0.4, -0.2) is 13.4 Å². The van der Waals surface area contributed by atoms with Gasteiger partial charge in [0.15, 0.2) is 0 Å². The van der Waals surface area contributed by atoms with Crippen molar-refractivity contribution in [1.29, 1.82) is 0 Å². The molecule has 1 aromatic carbocycles. The fourth-order valence-electron chi connectivity index (χ4n) is 2.27. The van der Waals surface area contributed by atoms with E-state index in [1.807, 2.05) is 0 Å². The molecule has 0 amide bonds. The third-order valence-corrected chi connectivity index (χ3v) is 5.28. The predicted molar refractivity (Wildman–Crippen MR) is 83.3 cm³/mol. The van der Waals surface area contributed by atoms with Crippen molar-refractivity contribution in [2.24, 2.45) is 0 Å². The van der Waals surface area contributed by atoms with Crippen LogP contribution in [0.5, 0.6) is 0 Å². The minimum Gasteiger partial charge on any atom is -0.398 e. The first-order chi connectivity index (χ1) is 9.83. The molecule has 1 unspecified atom stereocenters. The van der Waals surface area contributed by atoms with Crippen LogP contribution in [0.4, 0.5) is 5.69 Å². The highest BCUT2D eigenvalue weighted by Crippen LogP contribution is 2.26. The van der Waals surface area contributed by atoms with E-state index in [1.165, 1.54) is 0 Å². The Hall–Kier alpha value is -1.92. The Morgan fingerprint density at radius 1 is 1.14 bits per heavy atom. The van der Waals surface area contributed by atoms with E-state index < -0.39 is 10.0 Å². The van der Waals surface area contributed by atoms with Crippen LogP contribution in [0.25, 0.3) is 0 Å². The molecule has 0 aliphatic rings. The number of nitrogens with zero attached hydrogens (tertiary/aromatic N) is 1. The fourth-order valence-corrected chi connectivity index (χ4v) is 4.00. The number of hydrogen-bond acceptors (Lipinski definition) is 4. The molecule has 3 N–H and O–H groups in total. The third-order valence-electron chi connectivity index (χ3n) is 3.45. The first-order valence-electron chi connectivity index (χ1n) is 6.61. The summed E-state index contributed by atoms with van der Waals surface area (Å²) in [5.74, 6) is 0. The van der Waals surface area contributed by atoms with Crippen molar-refractivity contribution >= 4 is 15.7 Å². The Balaban J connectivity index is 2.38. The van der Waals surface area contributed by atoms with E-state index in [0.29, 0.717) is 16.8 Å². The Labute approximate surface area is 125 Å². The summed E-state index contributed by atoms with van der Waals surface area (Å²) in [5, 5.41) is 0. The van der Waals surface area contributed by atoms with Crippen LogP contribution in [0.2, 0.25) is 0 Å². The zero-order valence-corrected chi connectivity index (χ0v) is 13.1. The number of nitrogens with one attached hydrogen (secondary N) is 1. The maximum atomic E-state index is 12.6. The molecule has 21 heavy (non-hydrogen) atoms. The van der Waals surface area contributed by atoms with Gasteiger partial charge in [-0.15, -0.1) is 0 Å². The largest absolute Gasteiger partial charge is 0.398 e. The summed E-state index contributed by atoms with van der Waals surface area (Å²) < 4.78 is 27.9. The van der Waals surface area contributed by atoms with Gasteiger partial charge in [-0.1, -0.05) is 6.07 Å². The maximum Gasteiger partial charge on any atom is 0.241 e. The van der Waals surface area contributed by atoms with E-state index in [9.17, 15) is 8.42 Å². The lowest BCUT2D eigenvalue weighted by Crippen LogP contribution is -2.28. The van der Waals surface area contributed by atoms with Gasteiger partial charge in [0.05, 0.1) is 4.90 Å². The summed E-state index contributed by atoms with van der Waals surface area (Å²) in [6, 6.07) is 6.65. The number of rotatable bonds is 4. The summed E-state index contributed by atoms with van der Waals surface area (Å²) in [7, 11) is -3.64. The summed E-state index contributed by atoms with van der Waals surface area (Å²) in [6.45, 7) is 5.27. The smallest absolute Gasteiger partial charge is 0.241 e. The number of anilines is 1. The normalized spacial score (nSPS) is 13.1. The molecule has 1 aromatic heterocycles.